The number of para-hydroxylation sites is 1. The fourth-order valence-corrected chi connectivity index (χ4v) is 1.73. The summed E-state index contributed by atoms with van der Waals surface area (Å²) < 4.78 is 0. The molecule has 3 nitrogen and oxygen atoms in total. The van der Waals surface area contributed by atoms with E-state index in [0.29, 0.717) is 10.6 Å². The van der Waals surface area contributed by atoms with Crippen molar-refractivity contribution >= 4 is 39.3 Å². The fourth-order valence-electron chi connectivity index (χ4n) is 1.34. The van der Waals surface area contributed by atoms with E-state index in [0.717, 1.165) is 10.9 Å². The summed E-state index contributed by atoms with van der Waals surface area (Å²) in [4.78, 5) is 2.96. The molecule has 1 aromatic heterocycles. The van der Waals surface area contributed by atoms with Gasteiger partial charge >= 0.3 is 0 Å². The van der Waals surface area contributed by atoms with Crippen molar-refractivity contribution in [2.24, 2.45) is 5.16 Å². The zero-order valence-corrected chi connectivity index (χ0v) is 8.47. The van der Waals surface area contributed by atoms with E-state index in [1.54, 1.807) is 12.3 Å². The second-order valence-corrected chi connectivity index (χ2v) is 3.52. The van der Waals surface area contributed by atoms with Crippen molar-refractivity contribution < 1.29 is 5.21 Å². The number of H-pyrrole nitrogens is 1. The molecule has 0 saturated heterocycles. The Morgan fingerprint density at radius 2 is 2.21 bits per heavy atom. The number of aromatic nitrogens is 1. The van der Waals surface area contributed by atoms with Gasteiger partial charge < -0.3 is 10.2 Å². The van der Waals surface area contributed by atoms with Gasteiger partial charge in [0.15, 0.2) is 5.17 Å². The van der Waals surface area contributed by atoms with Gasteiger partial charge in [-0.2, -0.15) is 0 Å². The van der Waals surface area contributed by atoms with Crippen molar-refractivity contribution in [3.63, 3.8) is 0 Å². The molecule has 0 aliphatic carbocycles. The van der Waals surface area contributed by atoms with Crippen LogP contribution in [0.4, 0.5) is 0 Å². The number of benzene rings is 1. The van der Waals surface area contributed by atoms with E-state index in [1.165, 1.54) is 0 Å². The maximum absolute atomic E-state index is 8.54. The molecule has 0 radical (unpaired) electrons. The Balaban J connectivity index is 2.76. The largest absolute Gasteiger partial charge is 0.410 e. The third-order valence-corrected chi connectivity index (χ3v) is 2.57. The third kappa shape index (κ3) is 1.35. The highest BCUT2D eigenvalue weighted by molar-refractivity contribution is 6.70. The molecular formula is C9H6Cl2N2O. The van der Waals surface area contributed by atoms with Crippen molar-refractivity contribution in [3.05, 3.63) is 35.0 Å². The number of nitrogens with zero attached hydrogens (tertiary/aromatic N) is 1. The molecular weight excluding hydrogens is 223 g/mol. The number of halogens is 2. The minimum absolute atomic E-state index is 0.0403. The summed E-state index contributed by atoms with van der Waals surface area (Å²) in [5.41, 5.74) is 1.41. The molecule has 0 fully saturated rings. The average Bonchev–Trinajstić information content (AvgIpc) is 2.62. The van der Waals surface area contributed by atoms with E-state index in [9.17, 15) is 0 Å². The summed E-state index contributed by atoms with van der Waals surface area (Å²) >= 11 is 11.6. The molecule has 0 bridgehead atoms. The molecule has 2 N–H and O–H groups in total. The summed E-state index contributed by atoms with van der Waals surface area (Å²) in [5, 5.41) is 13.0. The normalized spacial score (nSPS) is 12.3. The first-order valence-electron chi connectivity index (χ1n) is 3.87. The highest BCUT2D eigenvalue weighted by Crippen LogP contribution is 2.26. The predicted octanol–water partition coefficient (Wildman–Crippen LogP) is 3.20. The van der Waals surface area contributed by atoms with Crippen LogP contribution in [0.25, 0.3) is 10.9 Å². The minimum atomic E-state index is 0.0403. The predicted molar refractivity (Wildman–Crippen MR) is 57.5 cm³/mol. The maximum atomic E-state index is 8.54. The lowest BCUT2D eigenvalue weighted by molar-refractivity contribution is 0.321. The summed E-state index contributed by atoms with van der Waals surface area (Å²) in [6, 6.07) is 5.43. The maximum Gasteiger partial charge on any atom is 0.177 e. The highest BCUT2D eigenvalue weighted by Gasteiger charge is 2.09. The van der Waals surface area contributed by atoms with Crippen molar-refractivity contribution in [1.29, 1.82) is 0 Å². The SMILES string of the molecule is O/N=C(\Cl)c1c[nH]c2c(Cl)cccc12. The second kappa shape index (κ2) is 3.52. The first-order valence-corrected chi connectivity index (χ1v) is 4.63. The van der Waals surface area contributed by atoms with Gasteiger partial charge in [-0.05, 0) is 6.07 Å². The van der Waals surface area contributed by atoms with E-state index < -0.39 is 0 Å². The van der Waals surface area contributed by atoms with Crippen LogP contribution in [0.1, 0.15) is 5.56 Å². The molecule has 72 valence electrons. The van der Waals surface area contributed by atoms with Crippen LogP contribution in [0, 0.1) is 0 Å². The van der Waals surface area contributed by atoms with Crippen LogP contribution in [0.2, 0.25) is 5.02 Å². The molecule has 0 spiro atoms. The van der Waals surface area contributed by atoms with Gasteiger partial charge in [0.25, 0.3) is 0 Å². The van der Waals surface area contributed by atoms with Gasteiger partial charge in [0.2, 0.25) is 0 Å². The smallest absolute Gasteiger partial charge is 0.177 e. The van der Waals surface area contributed by atoms with Crippen LogP contribution in [-0.2, 0) is 0 Å². The van der Waals surface area contributed by atoms with Gasteiger partial charge in [0.05, 0.1) is 10.5 Å². The number of aromatic amines is 1. The van der Waals surface area contributed by atoms with Crippen LogP contribution in [0.15, 0.2) is 29.6 Å². The fraction of sp³-hybridized carbons (Fsp3) is 0. The van der Waals surface area contributed by atoms with Gasteiger partial charge in [-0.3, -0.25) is 0 Å². The quantitative estimate of drug-likeness (QED) is 0.440. The molecule has 1 aromatic carbocycles. The van der Waals surface area contributed by atoms with Gasteiger partial charge in [-0.15, -0.1) is 0 Å². The molecule has 0 atom stereocenters. The van der Waals surface area contributed by atoms with E-state index in [1.807, 2.05) is 12.1 Å². The van der Waals surface area contributed by atoms with E-state index in [-0.39, 0.29) is 5.17 Å². The second-order valence-electron chi connectivity index (χ2n) is 2.76. The Hall–Kier alpha value is -1.19. The summed E-state index contributed by atoms with van der Waals surface area (Å²) in [6.45, 7) is 0. The van der Waals surface area contributed by atoms with Crippen molar-refractivity contribution in [2.75, 3.05) is 0 Å². The van der Waals surface area contributed by atoms with Crippen LogP contribution >= 0.6 is 23.2 Å². The number of hydrogen-bond acceptors (Lipinski definition) is 2. The molecule has 0 saturated carbocycles. The minimum Gasteiger partial charge on any atom is -0.410 e. The number of oxime groups is 1. The molecule has 0 amide bonds. The Labute approximate surface area is 89.9 Å². The molecule has 2 rings (SSSR count). The lowest BCUT2D eigenvalue weighted by atomic mass is 10.2. The zero-order chi connectivity index (χ0) is 10.1. The third-order valence-electron chi connectivity index (χ3n) is 1.97. The van der Waals surface area contributed by atoms with Gasteiger partial charge in [-0.25, -0.2) is 0 Å². The lowest BCUT2D eigenvalue weighted by Gasteiger charge is -1.94. The molecule has 0 unspecified atom stereocenters. The van der Waals surface area contributed by atoms with E-state index in [4.69, 9.17) is 28.4 Å². The Morgan fingerprint density at radius 3 is 2.93 bits per heavy atom. The molecule has 2 aromatic rings. The molecule has 0 aliphatic rings. The van der Waals surface area contributed by atoms with Crippen molar-refractivity contribution in [1.82, 2.24) is 4.98 Å². The molecule has 14 heavy (non-hydrogen) atoms. The van der Waals surface area contributed by atoms with Crippen LogP contribution in [0.5, 0.6) is 0 Å². The Kier molecular flexibility index (Phi) is 2.35. The van der Waals surface area contributed by atoms with Gasteiger partial charge in [0, 0.05) is 17.1 Å². The monoisotopic (exact) mass is 228 g/mol. The van der Waals surface area contributed by atoms with Crippen LogP contribution < -0.4 is 0 Å². The van der Waals surface area contributed by atoms with Gasteiger partial charge in [0.1, 0.15) is 0 Å². The summed E-state index contributed by atoms with van der Waals surface area (Å²) in [6.07, 6.45) is 1.65. The number of nitrogens with one attached hydrogen (secondary N) is 1. The summed E-state index contributed by atoms with van der Waals surface area (Å²) in [7, 11) is 0. The summed E-state index contributed by atoms with van der Waals surface area (Å²) in [5.74, 6) is 0. The number of hydrogen-bond donors (Lipinski definition) is 2. The van der Waals surface area contributed by atoms with Crippen molar-refractivity contribution in [2.45, 2.75) is 0 Å². The Morgan fingerprint density at radius 1 is 1.43 bits per heavy atom. The van der Waals surface area contributed by atoms with Crippen LogP contribution in [-0.4, -0.2) is 15.4 Å². The lowest BCUT2D eigenvalue weighted by Crippen LogP contribution is -1.87. The van der Waals surface area contributed by atoms with Crippen LogP contribution in [0.3, 0.4) is 0 Å². The van der Waals surface area contributed by atoms with E-state index in [2.05, 4.69) is 10.1 Å². The number of rotatable bonds is 1. The first kappa shape index (κ1) is 9.37. The Bertz CT molecular complexity index is 504. The standard InChI is InChI=1S/C9H6Cl2N2O/c10-7-3-1-2-5-6(9(11)13-14)4-12-8(5)7/h1-4,12,14H/b13-9-. The number of fused-ring (bicyclic) bond motifs is 1. The molecule has 5 heteroatoms. The molecule has 0 aliphatic heterocycles. The average molecular weight is 229 g/mol. The molecule has 1 heterocycles. The van der Waals surface area contributed by atoms with Crippen molar-refractivity contribution in [3.8, 4) is 0 Å². The first-order chi connectivity index (χ1) is 6.74. The van der Waals surface area contributed by atoms with Gasteiger partial charge in [-0.1, -0.05) is 40.5 Å². The topological polar surface area (TPSA) is 48.4 Å². The highest BCUT2D eigenvalue weighted by atomic mass is 35.5. The zero-order valence-electron chi connectivity index (χ0n) is 6.96. The van der Waals surface area contributed by atoms with E-state index >= 15 is 0 Å².